The molecular formula is C11H14N2O3. The summed E-state index contributed by atoms with van der Waals surface area (Å²) in [7, 11) is 0. The zero-order valence-electron chi connectivity index (χ0n) is 9.12. The average Bonchev–Trinajstić information content (AvgIpc) is 2.08. The Kier molecular flexibility index (Phi) is 2.77. The molecule has 1 aromatic rings. The summed E-state index contributed by atoms with van der Waals surface area (Å²) >= 11 is 0. The summed E-state index contributed by atoms with van der Waals surface area (Å²) in [5.41, 5.74) is 0.487. The molecule has 0 atom stereocenters. The van der Waals surface area contributed by atoms with E-state index in [1.807, 2.05) is 0 Å². The lowest BCUT2D eigenvalue weighted by Crippen LogP contribution is -2.24. The summed E-state index contributed by atoms with van der Waals surface area (Å²) in [5, 5.41) is 8.67. The number of nitrogens with zero attached hydrogens (tertiary/aromatic N) is 1. The van der Waals surface area contributed by atoms with Gasteiger partial charge < -0.3 is 10.1 Å². The van der Waals surface area contributed by atoms with E-state index in [2.05, 4.69) is 9.97 Å². The molecule has 0 unspecified atom stereocenters. The molecule has 1 aliphatic rings. The van der Waals surface area contributed by atoms with Gasteiger partial charge in [0.1, 0.15) is 5.82 Å². The SMILES string of the molecule is Cc1nc(C2CCC2)[nH]c(=O)c1CC(=O)O. The van der Waals surface area contributed by atoms with E-state index >= 15 is 0 Å². The highest BCUT2D eigenvalue weighted by molar-refractivity contribution is 5.70. The van der Waals surface area contributed by atoms with Crippen LogP contribution in [0.15, 0.2) is 4.79 Å². The molecule has 0 saturated heterocycles. The standard InChI is InChI=1S/C11H14N2O3/c1-6-8(5-9(14)15)11(16)13-10(12-6)7-3-2-4-7/h7H,2-5H2,1H3,(H,14,15)(H,12,13,16). The molecule has 0 bridgehead atoms. The number of aromatic nitrogens is 2. The molecule has 0 aromatic carbocycles. The Labute approximate surface area is 92.5 Å². The Bertz CT molecular complexity index is 475. The number of hydrogen-bond acceptors (Lipinski definition) is 3. The van der Waals surface area contributed by atoms with Crippen molar-refractivity contribution in [3.05, 3.63) is 27.4 Å². The van der Waals surface area contributed by atoms with Gasteiger partial charge in [-0.25, -0.2) is 4.98 Å². The number of aromatic amines is 1. The zero-order chi connectivity index (χ0) is 11.7. The maximum Gasteiger partial charge on any atom is 0.308 e. The van der Waals surface area contributed by atoms with Gasteiger partial charge in [0.2, 0.25) is 0 Å². The third-order valence-corrected chi connectivity index (χ3v) is 3.06. The molecule has 1 heterocycles. The first-order valence-corrected chi connectivity index (χ1v) is 5.39. The molecule has 1 aliphatic carbocycles. The molecule has 2 rings (SSSR count). The summed E-state index contributed by atoms with van der Waals surface area (Å²) in [4.78, 5) is 29.2. The van der Waals surface area contributed by atoms with Crippen molar-refractivity contribution < 1.29 is 9.90 Å². The van der Waals surface area contributed by atoms with Crippen LogP contribution in [0.5, 0.6) is 0 Å². The predicted molar refractivity (Wildman–Crippen MR) is 57.5 cm³/mol. The van der Waals surface area contributed by atoms with Crippen molar-refractivity contribution in [3.63, 3.8) is 0 Å². The van der Waals surface area contributed by atoms with Crippen molar-refractivity contribution in [2.75, 3.05) is 0 Å². The Balaban J connectivity index is 2.34. The fourth-order valence-corrected chi connectivity index (χ4v) is 1.87. The Morgan fingerprint density at radius 3 is 2.69 bits per heavy atom. The molecule has 1 saturated carbocycles. The average molecular weight is 222 g/mol. The minimum atomic E-state index is -1.01. The largest absolute Gasteiger partial charge is 0.481 e. The van der Waals surface area contributed by atoms with Crippen LogP contribution in [0.4, 0.5) is 0 Å². The summed E-state index contributed by atoms with van der Waals surface area (Å²) in [6.07, 6.45) is 3.02. The van der Waals surface area contributed by atoms with Crippen LogP contribution in [0.2, 0.25) is 0 Å². The third kappa shape index (κ3) is 1.98. The molecule has 2 N–H and O–H groups in total. The molecule has 86 valence electrons. The topological polar surface area (TPSA) is 83.0 Å². The van der Waals surface area contributed by atoms with Gasteiger partial charge in [-0.2, -0.15) is 0 Å². The number of carboxylic acids is 1. The summed E-state index contributed by atoms with van der Waals surface area (Å²) in [6, 6.07) is 0. The second-order valence-electron chi connectivity index (χ2n) is 4.21. The lowest BCUT2D eigenvalue weighted by Gasteiger charge is -2.24. The van der Waals surface area contributed by atoms with Gasteiger partial charge in [-0.1, -0.05) is 6.42 Å². The van der Waals surface area contributed by atoms with E-state index in [0.717, 1.165) is 12.8 Å². The minimum Gasteiger partial charge on any atom is -0.481 e. The number of rotatable bonds is 3. The van der Waals surface area contributed by atoms with Crippen LogP contribution >= 0.6 is 0 Å². The first-order valence-electron chi connectivity index (χ1n) is 5.39. The van der Waals surface area contributed by atoms with E-state index in [-0.39, 0.29) is 17.5 Å². The van der Waals surface area contributed by atoms with Gasteiger partial charge in [-0.15, -0.1) is 0 Å². The predicted octanol–water partition coefficient (Wildman–Crippen LogP) is 0.973. The number of H-pyrrole nitrogens is 1. The van der Waals surface area contributed by atoms with Crippen LogP contribution in [-0.4, -0.2) is 21.0 Å². The second kappa shape index (κ2) is 4.08. The first-order chi connectivity index (χ1) is 7.58. The number of aliphatic carboxylic acids is 1. The van der Waals surface area contributed by atoms with E-state index in [1.165, 1.54) is 6.42 Å². The lowest BCUT2D eigenvalue weighted by molar-refractivity contribution is -0.136. The van der Waals surface area contributed by atoms with E-state index in [1.54, 1.807) is 6.92 Å². The van der Waals surface area contributed by atoms with Crippen molar-refractivity contribution in [1.82, 2.24) is 9.97 Å². The van der Waals surface area contributed by atoms with Crippen molar-refractivity contribution in [2.45, 2.75) is 38.5 Å². The molecule has 0 amide bonds. The van der Waals surface area contributed by atoms with Gasteiger partial charge in [0.15, 0.2) is 0 Å². The molecule has 5 nitrogen and oxygen atoms in total. The molecule has 0 radical (unpaired) electrons. The van der Waals surface area contributed by atoms with E-state index in [9.17, 15) is 9.59 Å². The highest BCUT2D eigenvalue weighted by atomic mass is 16.4. The second-order valence-corrected chi connectivity index (χ2v) is 4.21. The number of carbonyl (C=O) groups is 1. The number of aryl methyl sites for hydroxylation is 1. The van der Waals surface area contributed by atoms with Gasteiger partial charge in [0, 0.05) is 17.2 Å². The fourth-order valence-electron chi connectivity index (χ4n) is 1.87. The summed E-state index contributed by atoms with van der Waals surface area (Å²) in [5.74, 6) is 0.0555. The summed E-state index contributed by atoms with van der Waals surface area (Å²) in [6.45, 7) is 1.69. The molecule has 0 spiro atoms. The van der Waals surface area contributed by atoms with Gasteiger partial charge in [-0.05, 0) is 19.8 Å². The fraction of sp³-hybridized carbons (Fsp3) is 0.545. The lowest BCUT2D eigenvalue weighted by atomic mass is 9.85. The number of carboxylic acid groups (broad SMARTS) is 1. The third-order valence-electron chi connectivity index (χ3n) is 3.06. The van der Waals surface area contributed by atoms with Gasteiger partial charge in [0.25, 0.3) is 5.56 Å². The smallest absolute Gasteiger partial charge is 0.308 e. The maximum atomic E-state index is 11.7. The molecule has 1 fully saturated rings. The molecular weight excluding hydrogens is 208 g/mol. The van der Waals surface area contributed by atoms with E-state index in [0.29, 0.717) is 17.4 Å². The van der Waals surface area contributed by atoms with Gasteiger partial charge in [-0.3, -0.25) is 9.59 Å². The van der Waals surface area contributed by atoms with Gasteiger partial charge in [0.05, 0.1) is 6.42 Å². The van der Waals surface area contributed by atoms with E-state index < -0.39 is 5.97 Å². The molecule has 0 aliphatic heterocycles. The van der Waals surface area contributed by atoms with E-state index in [4.69, 9.17) is 5.11 Å². The van der Waals surface area contributed by atoms with Crippen LogP contribution in [-0.2, 0) is 11.2 Å². The number of hydrogen-bond donors (Lipinski definition) is 2. The van der Waals surface area contributed by atoms with Gasteiger partial charge >= 0.3 is 5.97 Å². The Morgan fingerprint density at radius 2 is 2.25 bits per heavy atom. The quantitative estimate of drug-likeness (QED) is 0.798. The monoisotopic (exact) mass is 222 g/mol. The highest BCUT2D eigenvalue weighted by Crippen LogP contribution is 2.33. The van der Waals surface area contributed by atoms with Crippen LogP contribution in [0.25, 0.3) is 0 Å². The molecule has 16 heavy (non-hydrogen) atoms. The van der Waals surface area contributed by atoms with Crippen LogP contribution < -0.4 is 5.56 Å². The van der Waals surface area contributed by atoms with Crippen molar-refractivity contribution in [2.24, 2.45) is 0 Å². The van der Waals surface area contributed by atoms with Crippen LogP contribution in [0.1, 0.15) is 42.3 Å². The van der Waals surface area contributed by atoms with Crippen LogP contribution in [0, 0.1) is 6.92 Å². The molecule has 5 heteroatoms. The van der Waals surface area contributed by atoms with Crippen LogP contribution in [0.3, 0.4) is 0 Å². The Morgan fingerprint density at radius 1 is 1.56 bits per heavy atom. The first kappa shape index (κ1) is 10.9. The zero-order valence-corrected chi connectivity index (χ0v) is 9.12. The normalized spacial score (nSPS) is 15.8. The Hall–Kier alpha value is -1.65. The van der Waals surface area contributed by atoms with Crippen molar-refractivity contribution in [3.8, 4) is 0 Å². The number of nitrogens with one attached hydrogen (secondary N) is 1. The van der Waals surface area contributed by atoms with Crippen molar-refractivity contribution in [1.29, 1.82) is 0 Å². The highest BCUT2D eigenvalue weighted by Gasteiger charge is 2.23. The maximum absolute atomic E-state index is 11.7. The van der Waals surface area contributed by atoms with Crippen molar-refractivity contribution >= 4 is 5.97 Å². The summed E-state index contributed by atoms with van der Waals surface area (Å²) < 4.78 is 0. The molecule has 1 aromatic heterocycles. The minimum absolute atomic E-state index is 0.260.